The van der Waals surface area contributed by atoms with Crippen molar-refractivity contribution >= 4 is 11.9 Å². The van der Waals surface area contributed by atoms with Crippen molar-refractivity contribution in [2.45, 2.75) is 70.8 Å². The first kappa shape index (κ1) is 15.0. The van der Waals surface area contributed by atoms with Gasteiger partial charge in [0.05, 0.1) is 6.42 Å². The molecule has 1 fully saturated rings. The molecule has 1 amide bonds. The van der Waals surface area contributed by atoms with Crippen LogP contribution in [0.5, 0.6) is 0 Å². The Morgan fingerprint density at radius 2 is 1.78 bits per heavy atom. The smallest absolute Gasteiger partial charge is 0.305 e. The molecule has 1 rings (SSSR count). The predicted molar refractivity (Wildman–Crippen MR) is 70.3 cm³/mol. The highest BCUT2D eigenvalue weighted by atomic mass is 16.4. The number of aliphatic carboxylic acids is 1. The van der Waals surface area contributed by atoms with E-state index in [2.05, 4.69) is 5.32 Å². The van der Waals surface area contributed by atoms with Crippen LogP contribution in [-0.2, 0) is 9.59 Å². The Morgan fingerprint density at radius 1 is 1.22 bits per heavy atom. The number of carbonyl (C=O) groups excluding carboxylic acids is 1. The normalized spacial score (nSPS) is 20.8. The van der Waals surface area contributed by atoms with Crippen molar-refractivity contribution in [1.82, 2.24) is 5.32 Å². The van der Waals surface area contributed by atoms with Crippen LogP contribution in [0.15, 0.2) is 0 Å². The lowest BCUT2D eigenvalue weighted by atomic mass is 9.91. The van der Waals surface area contributed by atoms with Crippen LogP contribution in [0, 0.1) is 5.92 Å². The van der Waals surface area contributed by atoms with Crippen LogP contribution in [0.25, 0.3) is 0 Å². The van der Waals surface area contributed by atoms with E-state index in [4.69, 9.17) is 5.11 Å². The van der Waals surface area contributed by atoms with Gasteiger partial charge in [-0.1, -0.05) is 32.6 Å². The highest BCUT2D eigenvalue weighted by Crippen LogP contribution is 2.24. The zero-order valence-corrected chi connectivity index (χ0v) is 11.5. The number of hydrogen-bond donors (Lipinski definition) is 2. The quantitative estimate of drug-likeness (QED) is 0.742. The SMILES string of the molecule is CC[C@@](C)(CC(=O)O)NC(=O)C1CCCCCC1. The zero-order valence-electron chi connectivity index (χ0n) is 11.5. The molecule has 0 heterocycles. The second-order valence-electron chi connectivity index (χ2n) is 5.66. The fraction of sp³-hybridized carbons (Fsp3) is 0.857. The van der Waals surface area contributed by atoms with Crippen molar-refractivity contribution in [3.8, 4) is 0 Å². The summed E-state index contributed by atoms with van der Waals surface area (Å²) in [6.45, 7) is 3.73. The molecule has 104 valence electrons. The van der Waals surface area contributed by atoms with E-state index in [1.54, 1.807) is 0 Å². The first-order valence-electron chi connectivity index (χ1n) is 7.00. The van der Waals surface area contributed by atoms with Gasteiger partial charge >= 0.3 is 5.97 Å². The lowest BCUT2D eigenvalue weighted by Gasteiger charge is -2.30. The Balaban J connectivity index is 2.57. The molecule has 4 nitrogen and oxygen atoms in total. The van der Waals surface area contributed by atoms with Crippen molar-refractivity contribution < 1.29 is 14.7 Å². The van der Waals surface area contributed by atoms with E-state index >= 15 is 0 Å². The molecule has 0 spiro atoms. The molecule has 0 aliphatic heterocycles. The van der Waals surface area contributed by atoms with E-state index in [9.17, 15) is 9.59 Å². The number of carboxylic acid groups (broad SMARTS) is 1. The number of carbonyl (C=O) groups is 2. The number of carboxylic acids is 1. The summed E-state index contributed by atoms with van der Waals surface area (Å²) < 4.78 is 0. The molecule has 0 radical (unpaired) electrons. The Kier molecular flexibility index (Phi) is 5.63. The lowest BCUT2D eigenvalue weighted by Crippen LogP contribution is -2.49. The molecule has 0 bridgehead atoms. The van der Waals surface area contributed by atoms with Crippen molar-refractivity contribution in [3.05, 3.63) is 0 Å². The van der Waals surface area contributed by atoms with Crippen molar-refractivity contribution in [1.29, 1.82) is 0 Å². The van der Waals surface area contributed by atoms with Crippen molar-refractivity contribution in [2.75, 3.05) is 0 Å². The molecule has 4 heteroatoms. The van der Waals surface area contributed by atoms with Gasteiger partial charge in [0.25, 0.3) is 0 Å². The van der Waals surface area contributed by atoms with Crippen LogP contribution >= 0.6 is 0 Å². The third-order valence-electron chi connectivity index (χ3n) is 3.97. The van der Waals surface area contributed by atoms with Gasteiger partial charge in [0.2, 0.25) is 5.91 Å². The molecule has 1 saturated carbocycles. The molecule has 1 atom stereocenters. The predicted octanol–water partition coefficient (Wildman–Crippen LogP) is 2.72. The van der Waals surface area contributed by atoms with Crippen LogP contribution < -0.4 is 5.32 Å². The number of nitrogens with one attached hydrogen (secondary N) is 1. The molecule has 0 aromatic carbocycles. The van der Waals surface area contributed by atoms with Gasteiger partial charge in [0.1, 0.15) is 0 Å². The zero-order chi connectivity index (χ0) is 13.6. The average molecular weight is 255 g/mol. The first-order chi connectivity index (χ1) is 8.47. The summed E-state index contributed by atoms with van der Waals surface area (Å²) in [6.07, 6.45) is 7.16. The highest BCUT2D eigenvalue weighted by molar-refractivity contribution is 5.80. The van der Waals surface area contributed by atoms with Gasteiger partial charge in [0, 0.05) is 11.5 Å². The standard InChI is InChI=1S/C14H25NO3/c1-3-14(2,10-12(16)17)15-13(18)11-8-6-4-5-7-9-11/h11H,3-10H2,1-2H3,(H,15,18)(H,16,17)/t14-/m0/s1. The van der Waals surface area contributed by atoms with E-state index in [-0.39, 0.29) is 18.2 Å². The summed E-state index contributed by atoms with van der Waals surface area (Å²) >= 11 is 0. The summed E-state index contributed by atoms with van der Waals surface area (Å²) in [5, 5.41) is 11.8. The van der Waals surface area contributed by atoms with Crippen molar-refractivity contribution in [3.63, 3.8) is 0 Å². The first-order valence-corrected chi connectivity index (χ1v) is 7.00. The second-order valence-corrected chi connectivity index (χ2v) is 5.66. The van der Waals surface area contributed by atoms with E-state index in [0.717, 1.165) is 25.7 Å². The minimum Gasteiger partial charge on any atom is -0.481 e. The number of hydrogen-bond acceptors (Lipinski definition) is 2. The van der Waals surface area contributed by atoms with Crippen LogP contribution in [-0.4, -0.2) is 22.5 Å². The van der Waals surface area contributed by atoms with E-state index in [0.29, 0.717) is 6.42 Å². The topological polar surface area (TPSA) is 66.4 Å². The molecule has 0 aromatic heterocycles. The van der Waals surface area contributed by atoms with Crippen LogP contribution in [0.2, 0.25) is 0 Å². The van der Waals surface area contributed by atoms with Gasteiger partial charge in [-0.05, 0) is 26.2 Å². The Morgan fingerprint density at radius 3 is 2.22 bits per heavy atom. The molecule has 0 aromatic rings. The van der Waals surface area contributed by atoms with Gasteiger partial charge in [-0.25, -0.2) is 0 Å². The molecule has 0 saturated heterocycles. The molecule has 18 heavy (non-hydrogen) atoms. The van der Waals surface area contributed by atoms with Gasteiger partial charge in [-0.3, -0.25) is 9.59 Å². The fourth-order valence-electron chi connectivity index (χ4n) is 2.53. The molecule has 1 aliphatic rings. The minimum absolute atomic E-state index is 0.0119. The highest BCUT2D eigenvalue weighted by Gasteiger charge is 2.30. The van der Waals surface area contributed by atoms with E-state index in [1.165, 1.54) is 12.8 Å². The molecule has 0 unspecified atom stereocenters. The van der Waals surface area contributed by atoms with Crippen LogP contribution in [0.4, 0.5) is 0 Å². The summed E-state index contributed by atoms with van der Waals surface area (Å²) in [4.78, 5) is 23.0. The summed E-state index contributed by atoms with van der Waals surface area (Å²) in [7, 11) is 0. The number of amides is 1. The van der Waals surface area contributed by atoms with Gasteiger partial charge in [0.15, 0.2) is 0 Å². The Bertz CT molecular complexity index is 295. The fourth-order valence-corrected chi connectivity index (χ4v) is 2.53. The Labute approximate surface area is 109 Å². The molecule has 2 N–H and O–H groups in total. The molecular weight excluding hydrogens is 230 g/mol. The third-order valence-corrected chi connectivity index (χ3v) is 3.97. The molecular formula is C14H25NO3. The van der Waals surface area contributed by atoms with Gasteiger partial charge in [-0.15, -0.1) is 0 Å². The summed E-state index contributed by atoms with van der Waals surface area (Å²) in [6, 6.07) is 0. The Hall–Kier alpha value is -1.06. The molecule has 1 aliphatic carbocycles. The third kappa shape index (κ3) is 4.67. The largest absolute Gasteiger partial charge is 0.481 e. The number of rotatable bonds is 5. The van der Waals surface area contributed by atoms with E-state index in [1.807, 2.05) is 13.8 Å². The maximum atomic E-state index is 12.2. The van der Waals surface area contributed by atoms with Gasteiger partial charge in [-0.2, -0.15) is 0 Å². The average Bonchev–Trinajstić information content (AvgIpc) is 2.56. The van der Waals surface area contributed by atoms with Gasteiger partial charge < -0.3 is 10.4 Å². The monoisotopic (exact) mass is 255 g/mol. The maximum Gasteiger partial charge on any atom is 0.305 e. The maximum absolute atomic E-state index is 12.2. The van der Waals surface area contributed by atoms with Crippen LogP contribution in [0.3, 0.4) is 0 Å². The second kappa shape index (κ2) is 6.76. The van der Waals surface area contributed by atoms with Crippen molar-refractivity contribution in [2.24, 2.45) is 5.92 Å². The van der Waals surface area contributed by atoms with E-state index < -0.39 is 11.5 Å². The van der Waals surface area contributed by atoms with Crippen LogP contribution in [0.1, 0.15) is 65.2 Å². The minimum atomic E-state index is -0.861. The summed E-state index contributed by atoms with van der Waals surface area (Å²) in [5.74, 6) is -0.741. The lowest BCUT2D eigenvalue weighted by molar-refractivity contribution is -0.139. The summed E-state index contributed by atoms with van der Waals surface area (Å²) in [5.41, 5.74) is -0.616.